The van der Waals surface area contributed by atoms with Crippen LogP contribution in [0.5, 0.6) is 0 Å². The minimum Gasteiger partial charge on any atom is -0.469 e. The Morgan fingerprint density at radius 1 is 1.25 bits per heavy atom. The molecule has 2 rings (SSSR count). The molecule has 1 aliphatic carbocycles. The van der Waals surface area contributed by atoms with Crippen molar-refractivity contribution < 1.29 is 19.4 Å². The average molecular weight is 278 g/mol. The van der Waals surface area contributed by atoms with Crippen molar-refractivity contribution in [3.05, 3.63) is 35.9 Å². The third-order valence-corrected chi connectivity index (χ3v) is 3.75. The fourth-order valence-corrected chi connectivity index (χ4v) is 2.62. The van der Waals surface area contributed by atoms with Crippen LogP contribution in [-0.2, 0) is 14.3 Å². The Kier molecular flexibility index (Phi) is 5.15. The molecule has 0 amide bonds. The highest BCUT2D eigenvalue weighted by molar-refractivity contribution is 5.70. The van der Waals surface area contributed by atoms with Gasteiger partial charge in [-0.05, 0) is 18.4 Å². The van der Waals surface area contributed by atoms with Crippen molar-refractivity contribution in [1.29, 1.82) is 0 Å². The summed E-state index contributed by atoms with van der Waals surface area (Å²) < 4.78 is 10.6. The number of aliphatic hydroxyl groups is 1. The van der Waals surface area contributed by atoms with Crippen LogP contribution in [0, 0.1) is 0 Å². The van der Waals surface area contributed by atoms with Crippen LogP contribution in [0.4, 0.5) is 0 Å². The first-order valence-corrected chi connectivity index (χ1v) is 7.15. The molecule has 0 aromatic heterocycles. The van der Waals surface area contributed by atoms with Gasteiger partial charge in [0.25, 0.3) is 0 Å². The lowest BCUT2D eigenvalue weighted by Gasteiger charge is -2.35. The predicted octanol–water partition coefficient (Wildman–Crippen LogP) is 2.96. The van der Waals surface area contributed by atoms with Crippen LogP contribution in [0.25, 0.3) is 0 Å². The second-order valence-corrected chi connectivity index (χ2v) is 5.30. The molecule has 0 radical (unpaired) electrons. The molecular weight excluding hydrogens is 256 g/mol. The van der Waals surface area contributed by atoms with Crippen molar-refractivity contribution in [1.82, 2.24) is 0 Å². The number of ether oxygens (including phenoxy) is 2. The van der Waals surface area contributed by atoms with Crippen LogP contribution in [0.3, 0.4) is 0 Å². The van der Waals surface area contributed by atoms with E-state index >= 15 is 0 Å². The zero-order chi connectivity index (χ0) is 14.4. The molecule has 0 aliphatic heterocycles. The summed E-state index contributed by atoms with van der Waals surface area (Å²) >= 11 is 0. The highest BCUT2D eigenvalue weighted by Gasteiger charge is 2.34. The van der Waals surface area contributed by atoms with Crippen LogP contribution >= 0.6 is 0 Å². The first kappa shape index (κ1) is 15.0. The molecule has 0 spiro atoms. The Bertz CT molecular complexity index is 423. The van der Waals surface area contributed by atoms with Gasteiger partial charge in [-0.3, -0.25) is 4.79 Å². The Hall–Kier alpha value is -1.39. The summed E-state index contributed by atoms with van der Waals surface area (Å²) in [5, 5.41) is 10.5. The predicted molar refractivity (Wildman–Crippen MR) is 74.9 cm³/mol. The number of carbonyl (C=O) groups is 1. The number of hydrogen-bond donors (Lipinski definition) is 1. The molecule has 1 atom stereocenters. The van der Waals surface area contributed by atoms with Gasteiger partial charge in [-0.2, -0.15) is 0 Å². The summed E-state index contributed by atoms with van der Waals surface area (Å²) in [6, 6.07) is 9.51. The van der Waals surface area contributed by atoms with Crippen LogP contribution < -0.4 is 0 Å². The van der Waals surface area contributed by atoms with E-state index in [9.17, 15) is 9.90 Å². The number of methoxy groups -OCH3 is 1. The first-order valence-electron chi connectivity index (χ1n) is 7.15. The summed E-state index contributed by atoms with van der Waals surface area (Å²) in [6.45, 7) is 0. The van der Waals surface area contributed by atoms with E-state index in [0.29, 0.717) is 12.8 Å². The highest BCUT2D eigenvalue weighted by atomic mass is 16.6. The maximum Gasteiger partial charge on any atom is 0.308 e. The number of benzene rings is 1. The standard InChI is InChI=1S/C16H22O4/c1-19-15(17)12-14(13-8-4-2-5-9-13)20-16(18)10-6-3-7-11-16/h2,4-5,8-9,14,18H,3,6-7,10-12H2,1H3/t14-/m1/s1. The maximum atomic E-state index is 11.6. The molecule has 4 heteroatoms. The summed E-state index contributed by atoms with van der Waals surface area (Å²) in [7, 11) is 1.36. The number of carbonyl (C=O) groups excluding carboxylic acids is 1. The largest absolute Gasteiger partial charge is 0.469 e. The van der Waals surface area contributed by atoms with Crippen molar-refractivity contribution >= 4 is 5.97 Å². The molecule has 0 saturated heterocycles. The van der Waals surface area contributed by atoms with Gasteiger partial charge in [0, 0.05) is 12.8 Å². The van der Waals surface area contributed by atoms with Gasteiger partial charge < -0.3 is 14.6 Å². The quantitative estimate of drug-likeness (QED) is 0.664. The second kappa shape index (κ2) is 6.86. The van der Waals surface area contributed by atoms with E-state index in [-0.39, 0.29) is 12.4 Å². The van der Waals surface area contributed by atoms with Gasteiger partial charge in [0.1, 0.15) is 0 Å². The van der Waals surface area contributed by atoms with Crippen molar-refractivity contribution in [2.24, 2.45) is 0 Å². The minimum absolute atomic E-state index is 0.114. The number of esters is 1. The third-order valence-electron chi connectivity index (χ3n) is 3.75. The fraction of sp³-hybridized carbons (Fsp3) is 0.562. The van der Waals surface area contributed by atoms with E-state index < -0.39 is 11.9 Å². The van der Waals surface area contributed by atoms with E-state index in [1.54, 1.807) is 0 Å². The Balaban J connectivity index is 2.11. The molecule has 1 aromatic carbocycles. The van der Waals surface area contributed by atoms with Crippen molar-refractivity contribution in [3.8, 4) is 0 Å². The lowest BCUT2D eigenvalue weighted by atomic mass is 9.93. The summed E-state index contributed by atoms with van der Waals surface area (Å²) in [4.78, 5) is 11.6. The molecule has 110 valence electrons. The average Bonchev–Trinajstić information content (AvgIpc) is 2.48. The monoisotopic (exact) mass is 278 g/mol. The molecule has 1 fully saturated rings. The molecule has 1 aromatic rings. The minimum atomic E-state index is -1.12. The molecular formula is C16H22O4. The van der Waals surface area contributed by atoms with E-state index in [4.69, 9.17) is 9.47 Å². The highest BCUT2D eigenvalue weighted by Crippen LogP contribution is 2.35. The Morgan fingerprint density at radius 3 is 2.50 bits per heavy atom. The van der Waals surface area contributed by atoms with Crippen LogP contribution in [0.1, 0.15) is 50.2 Å². The summed E-state index contributed by atoms with van der Waals surface area (Å²) in [6.07, 6.45) is 3.93. The second-order valence-electron chi connectivity index (χ2n) is 5.30. The van der Waals surface area contributed by atoms with Crippen LogP contribution in [0.15, 0.2) is 30.3 Å². The molecule has 20 heavy (non-hydrogen) atoms. The lowest BCUT2D eigenvalue weighted by Crippen LogP contribution is -2.36. The summed E-state index contributed by atoms with van der Waals surface area (Å²) in [5.74, 6) is -1.45. The Morgan fingerprint density at radius 2 is 1.90 bits per heavy atom. The number of rotatable bonds is 5. The van der Waals surface area contributed by atoms with E-state index in [1.165, 1.54) is 7.11 Å². The number of hydrogen-bond acceptors (Lipinski definition) is 4. The smallest absolute Gasteiger partial charge is 0.308 e. The fourth-order valence-electron chi connectivity index (χ4n) is 2.62. The lowest BCUT2D eigenvalue weighted by molar-refractivity contribution is -0.248. The zero-order valence-corrected chi connectivity index (χ0v) is 11.9. The van der Waals surface area contributed by atoms with E-state index in [2.05, 4.69) is 0 Å². The molecule has 0 heterocycles. The van der Waals surface area contributed by atoms with Gasteiger partial charge in [-0.1, -0.05) is 36.8 Å². The van der Waals surface area contributed by atoms with Gasteiger partial charge in [-0.15, -0.1) is 0 Å². The van der Waals surface area contributed by atoms with E-state index in [1.807, 2.05) is 30.3 Å². The summed E-state index contributed by atoms with van der Waals surface area (Å²) in [5.41, 5.74) is 0.886. The van der Waals surface area contributed by atoms with Crippen molar-refractivity contribution in [3.63, 3.8) is 0 Å². The van der Waals surface area contributed by atoms with E-state index in [0.717, 1.165) is 24.8 Å². The van der Waals surface area contributed by atoms with Crippen molar-refractivity contribution in [2.45, 2.75) is 50.4 Å². The SMILES string of the molecule is COC(=O)C[C@@H](OC1(O)CCCCC1)c1ccccc1. The van der Waals surface area contributed by atoms with Crippen molar-refractivity contribution in [2.75, 3.05) is 7.11 Å². The molecule has 0 unspecified atom stereocenters. The zero-order valence-electron chi connectivity index (χ0n) is 11.9. The van der Waals surface area contributed by atoms with Gasteiger partial charge in [0.05, 0.1) is 19.6 Å². The maximum absolute atomic E-state index is 11.6. The first-order chi connectivity index (χ1) is 9.63. The molecule has 0 bridgehead atoms. The molecule has 4 nitrogen and oxygen atoms in total. The van der Waals surface area contributed by atoms with Crippen LogP contribution in [0.2, 0.25) is 0 Å². The van der Waals surface area contributed by atoms with Gasteiger partial charge in [0.2, 0.25) is 0 Å². The molecule has 1 N–H and O–H groups in total. The normalized spacial score (nSPS) is 19.3. The Labute approximate surface area is 119 Å². The van der Waals surface area contributed by atoms with Gasteiger partial charge in [-0.25, -0.2) is 0 Å². The van der Waals surface area contributed by atoms with Crippen LogP contribution in [-0.4, -0.2) is 24.0 Å². The van der Waals surface area contributed by atoms with Gasteiger partial charge in [0.15, 0.2) is 5.79 Å². The third kappa shape index (κ3) is 4.05. The molecule has 1 saturated carbocycles. The topological polar surface area (TPSA) is 55.8 Å². The molecule has 1 aliphatic rings. The van der Waals surface area contributed by atoms with Gasteiger partial charge >= 0.3 is 5.97 Å².